The summed E-state index contributed by atoms with van der Waals surface area (Å²) in [6, 6.07) is 9.68. The van der Waals surface area contributed by atoms with Gasteiger partial charge in [0.2, 0.25) is 0 Å². The molecule has 0 heterocycles. The van der Waals surface area contributed by atoms with Gasteiger partial charge in [0.1, 0.15) is 17.2 Å². The average molecular weight is 218 g/mol. The van der Waals surface area contributed by atoms with Crippen molar-refractivity contribution in [2.24, 2.45) is 0 Å². The van der Waals surface area contributed by atoms with E-state index >= 15 is 0 Å². The van der Waals surface area contributed by atoms with Crippen molar-refractivity contribution in [3.05, 3.63) is 30.3 Å². The first-order valence-electron chi connectivity index (χ1n) is 4.98. The summed E-state index contributed by atoms with van der Waals surface area (Å²) in [6.07, 6.45) is 0. The van der Waals surface area contributed by atoms with Gasteiger partial charge in [0.05, 0.1) is 21.3 Å². The van der Waals surface area contributed by atoms with Crippen LogP contribution in [0.25, 0.3) is 10.8 Å². The van der Waals surface area contributed by atoms with Gasteiger partial charge in [0.15, 0.2) is 0 Å². The summed E-state index contributed by atoms with van der Waals surface area (Å²) >= 11 is 0. The maximum atomic E-state index is 5.32. The normalized spacial score (nSPS) is 10.2. The third kappa shape index (κ3) is 1.76. The zero-order valence-corrected chi connectivity index (χ0v) is 9.61. The minimum absolute atomic E-state index is 0.776. The fraction of sp³-hybridized carbons (Fsp3) is 0.231. The van der Waals surface area contributed by atoms with Crippen LogP contribution in [-0.4, -0.2) is 21.3 Å². The lowest BCUT2D eigenvalue weighted by Gasteiger charge is -2.09. The van der Waals surface area contributed by atoms with Crippen molar-refractivity contribution in [1.82, 2.24) is 0 Å². The molecule has 0 radical (unpaired) electrons. The highest BCUT2D eigenvalue weighted by Gasteiger charge is 2.05. The second-order valence-corrected chi connectivity index (χ2v) is 3.42. The van der Waals surface area contributed by atoms with Crippen LogP contribution in [0.1, 0.15) is 0 Å². The van der Waals surface area contributed by atoms with Gasteiger partial charge < -0.3 is 14.2 Å². The van der Waals surface area contributed by atoms with E-state index in [1.54, 1.807) is 21.3 Å². The number of fused-ring (bicyclic) bond motifs is 1. The van der Waals surface area contributed by atoms with Gasteiger partial charge >= 0.3 is 0 Å². The molecule has 3 nitrogen and oxygen atoms in total. The fourth-order valence-corrected chi connectivity index (χ4v) is 1.70. The smallest absolute Gasteiger partial charge is 0.130 e. The van der Waals surface area contributed by atoms with E-state index in [-0.39, 0.29) is 0 Å². The third-order valence-electron chi connectivity index (χ3n) is 2.55. The van der Waals surface area contributed by atoms with Crippen molar-refractivity contribution < 1.29 is 14.2 Å². The van der Waals surface area contributed by atoms with E-state index in [1.807, 2.05) is 30.3 Å². The molecule has 16 heavy (non-hydrogen) atoms. The largest absolute Gasteiger partial charge is 0.497 e. The molecule has 0 saturated carbocycles. The molecule has 2 aromatic rings. The molecule has 0 unspecified atom stereocenters. The number of ether oxygens (including phenoxy) is 3. The maximum absolute atomic E-state index is 5.32. The molecule has 2 aromatic carbocycles. The zero-order valence-electron chi connectivity index (χ0n) is 9.61. The lowest BCUT2D eigenvalue weighted by molar-refractivity contribution is 0.397. The first-order chi connectivity index (χ1) is 7.78. The molecule has 3 heteroatoms. The predicted molar refractivity (Wildman–Crippen MR) is 63.6 cm³/mol. The summed E-state index contributed by atoms with van der Waals surface area (Å²) in [6.45, 7) is 0. The first kappa shape index (κ1) is 10.6. The molecule has 0 aromatic heterocycles. The van der Waals surface area contributed by atoms with E-state index in [0.29, 0.717) is 0 Å². The molecule has 0 aliphatic rings. The summed E-state index contributed by atoms with van der Waals surface area (Å²) in [4.78, 5) is 0. The Morgan fingerprint density at radius 3 is 2.06 bits per heavy atom. The summed E-state index contributed by atoms with van der Waals surface area (Å²) in [5, 5.41) is 2.08. The van der Waals surface area contributed by atoms with Gasteiger partial charge in [-0.15, -0.1) is 0 Å². The summed E-state index contributed by atoms with van der Waals surface area (Å²) in [5.41, 5.74) is 0. The number of rotatable bonds is 3. The quantitative estimate of drug-likeness (QED) is 0.792. The van der Waals surface area contributed by atoms with E-state index in [1.165, 1.54) is 0 Å². The van der Waals surface area contributed by atoms with Crippen LogP contribution in [0.2, 0.25) is 0 Å². The molecule has 84 valence electrons. The van der Waals surface area contributed by atoms with E-state index in [0.717, 1.165) is 28.0 Å². The van der Waals surface area contributed by atoms with Gasteiger partial charge in [-0.1, -0.05) is 0 Å². The van der Waals surface area contributed by atoms with Crippen molar-refractivity contribution in [2.45, 2.75) is 0 Å². The fourth-order valence-electron chi connectivity index (χ4n) is 1.70. The van der Waals surface area contributed by atoms with E-state index in [4.69, 9.17) is 14.2 Å². The number of hydrogen-bond donors (Lipinski definition) is 0. The standard InChI is InChI=1S/C13H14O3/c1-14-10-4-5-12-9(6-10)7-11(15-2)8-13(12)16-3/h4-8H,1-3H3. The Morgan fingerprint density at radius 1 is 0.750 bits per heavy atom. The first-order valence-corrected chi connectivity index (χ1v) is 4.98. The predicted octanol–water partition coefficient (Wildman–Crippen LogP) is 2.87. The molecule has 0 bridgehead atoms. The van der Waals surface area contributed by atoms with Crippen LogP contribution in [0.3, 0.4) is 0 Å². The van der Waals surface area contributed by atoms with Crippen molar-refractivity contribution in [1.29, 1.82) is 0 Å². The summed E-state index contributed by atoms with van der Waals surface area (Å²) in [7, 11) is 4.94. The second kappa shape index (κ2) is 4.31. The van der Waals surface area contributed by atoms with Gasteiger partial charge in [0.25, 0.3) is 0 Å². The van der Waals surface area contributed by atoms with Gasteiger partial charge in [-0.2, -0.15) is 0 Å². The topological polar surface area (TPSA) is 27.7 Å². The Hall–Kier alpha value is -1.90. The molecule has 0 saturated heterocycles. The van der Waals surface area contributed by atoms with Crippen LogP contribution in [0.5, 0.6) is 17.2 Å². The Labute approximate surface area is 94.5 Å². The molecular formula is C13H14O3. The average Bonchev–Trinajstić information content (AvgIpc) is 2.36. The van der Waals surface area contributed by atoms with Crippen LogP contribution in [0.15, 0.2) is 30.3 Å². The van der Waals surface area contributed by atoms with E-state index in [2.05, 4.69) is 0 Å². The number of hydrogen-bond acceptors (Lipinski definition) is 3. The molecule has 0 N–H and O–H groups in total. The van der Waals surface area contributed by atoms with Gasteiger partial charge in [-0.25, -0.2) is 0 Å². The van der Waals surface area contributed by atoms with Crippen LogP contribution in [0.4, 0.5) is 0 Å². The monoisotopic (exact) mass is 218 g/mol. The van der Waals surface area contributed by atoms with Crippen molar-refractivity contribution >= 4 is 10.8 Å². The highest BCUT2D eigenvalue weighted by Crippen LogP contribution is 2.33. The Balaban J connectivity index is 2.68. The molecular weight excluding hydrogens is 204 g/mol. The van der Waals surface area contributed by atoms with Crippen molar-refractivity contribution in [3.8, 4) is 17.2 Å². The molecule has 2 rings (SSSR count). The molecule has 0 fully saturated rings. The highest BCUT2D eigenvalue weighted by atomic mass is 16.5. The van der Waals surface area contributed by atoms with Crippen LogP contribution >= 0.6 is 0 Å². The molecule has 0 spiro atoms. The lowest BCUT2D eigenvalue weighted by atomic mass is 10.1. The third-order valence-corrected chi connectivity index (χ3v) is 2.55. The minimum atomic E-state index is 0.776. The molecule has 0 atom stereocenters. The molecule has 0 aliphatic carbocycles. The SMILES string of the molecule is COc1ccc2c(OC)cc(OC)cc2c1. The Bertz CT molecular complexity index is 500. The van der Waals surface area contributed by atoms with E-state index in [9.17, 15) is 0 Å². The molecule has 0 amide bonds. The van der Waals surface area contributed by atoms with Gasteiger partial charge in [0, 0.05) is 11.5 Å². The Kier molecular flexibility index (Phi) is 2.86. The van der Waals surface area contributed by atoms with Crippen molar-refractivity contribution in [3.63, 3.8) is 0 Å². The second-order valence-electron chi connectivity index (χ2n) is 3.42. The van der Waals surface area contributed by atoms with Crippen LogP contribution in [0, 0.1) is 0 Å². The number of benzene rings is 2. The van der Waals surface area contributed by atoms with Crippen LogP contribution < -0.4 is 14.2 Å². The minimum Gasteiger partial charge on any atom is -0.497 e. The van der Waals surface area contributed by atoms with E-state index < -0.39 is 0 Å². The highest BCUT2D eigenvalue weighted by molar-refractivity contribution is 5.90. The van der Waals surface area contributed by atoms with Gasteiger partial charge in [-0.3, -0.25) is 0 Å². The maximum Gasteiger partial charge on any atom is 0.130 e. The summed E-state index contributed by atoms with van der Waals surface area (Å²) in [5.74, 6) is 2.40. The zero-order chi connectivity index (χ0) is 11.5. The lowest BCUT2D eigenvalue weighted by Crippen LogP contribution is -1.89. The van der Waals surface area contributed by atoms with Crippen molar-refractivity contribution in [2.75, 3.05) is 21.3 Å². The van der Waals surface area contributed by atoms with Gasteiger partial charge in [-0.05, 0) is 29.7 Å². The Morgan fingerprint density at radius 2 is 1.44 bits per heavy atom. The summed E-state index contributed by atoms with van der Waals surface area (Å²) < 4.78 is 15.7. The molecule has 0 aliphatic heterocycles. The number of methoxy groups -OCH3 is 3. The van der Waals surface area contributed by atoms with Crippen LogP contribution in [-0.2, 0) is 0 Å².